The highest BCUT2D eigenvalue weighted by molar-refractivity contribution is 6.20. The minimum Gasteiger partial charge on any atom is -0.482 e. The van der Waals surface area contributed by atoms with E-state index >= 15 is 0 Å². The molecule has 0 unspecified atom stereocenters. The van der Waals surface area contributed by atoms with Gasteiger partial charge in [0.2, 0.25) is 0 Å². The summed E-state index contributed by atoms with van der Waals surface area (Å²) in [6.07, 6.45) is 0.523. The normalized spacial score (nSPS) is 23.8. The molecule has 1 saturated carbocycles. The number of carbonyl (C=O) groups is 4. The van der Waals surface area contributed by atoms with Gasteiger partial charge in [0, 0.05) is 26.3 Å². The summed E-state index contributed by atoms with van der Waals surface area (Å²) in [5, 5.41) is 0. The van der Waals surface area contributed by atoms with Crippen LogP contribution in [0.2, 0.25) is 0 Å². The molecule has 0 spiro atoms. The summed E-state index contributed by atoms with van der Waals surface area (Å²) in [6, 6.07) is 5.36. The van der Waals surface area contributed by atoms with E-state index < -0.39 is 5.92 Å². The molecule has 24 heavy (non-hydrogen) atoms. The third kappa shape index (κ3) is 2.72. The molecule has 1 heterocycles. The van der Waals surface area contributed by atoms with Crippen LogP contribution in [0, 0.1) is 5.92 Å². The van der Waals surface area contributed by atoms with Crippen LogP contribution in [0.5, 0.6) is 5.75 Å². The van der Waals surface area contributed by atoms with Crippen molar-refractivity contribution in [2.24, 2.45) is 5.92 Å². The number of hydrogen-bond acceptors (Lipinski definition) is 5. The first-order valence-electron chi connectivity index (χ1n) is 8.03. The number of nitrogens with zero attached hydrogens (tertiary/aromatic N) is 1. The second-order valence-corrected chi connectivity index (χ2v) is 6.26. The molecule has 0 bridgehead atoms. The Morgan fingerprint density at radius 3 is 2.50 bits per heavy atom. The van der Waals surface area contributed by atoms with E-state index in [-0.39, 0.29) is 55.0 Å². The zero-order valence-electron chi connectivity index (χ0n) is 13.7. The molecular formula is C18H19NO5. The number of carbonyl (C=O) groups excluding carboxylic acids is 4. The highest BCUT2D eigenvalue weighted by atomic mass is 16.5. The lowest BCUT2D eigenvalue weighted by atomic mass is 9.75. The molecule has 1 fully saturated rings. The van der Waals surface area contributed by atoms with Gasteiger partial charge < -0.3 is 9.64 Å². The molecule has 6 nitrogen and oxygen atoms in total. The van der Waals surface area contributed by atoms with E-state index in [0.717, 1.165) is 5.56 Å². The lowest BCUT2D eigenvalue weighted by Gasteiger charge is -2.29. The molecule has 6 heteroatoms. The molecular weight excluding hydrogens is 310 g/mol. The molecule has 0 aromatic heterocycles. The fourth-order valence-corrected chi connectivity index (χ4v) is 3.32. The Balaban J connectivity index is 1.86. The predicted octanol–water partition coefficient (Wildman–Crippen LogP) is 1.65. The average molecular weight is 329 g/mol. The zero-order chi connectivity index (χ0) is 17.4. The van der Waals surface area contributed by atoms with Crippen molar-refractivity contribution in [1.29, 1.82) is 0 Å². The second-order valence-electron chi connectivity index (χ2n) is 6.26. The second kappa shape index (κ2) is 6.19. The van der Waals surface area contributed by atoms with E-state index in [1.807, 2.05) is 6.07 Å². The summed E-state index contributed by atoms with van der Waals surface area (Å²) in [5.74, 6) is -1.80. The minimum absolute atomic E-state index is 0.00402. The van der Waals surface area contributed by atoms with E-state index in [1.54, 1.807) is 26.1 Å². The fraction of sp³-hybridized carbons (Fsp3) is 0.444. The number of ether oxygens (including phenoxy) is 1. The summed E-state index contributed by atoms with van der Waals surface area (Å²) in [5.41, 5.74) is 1.44. The number of benzene rings is 1. The molecule has 1 aliphatic heterocycles. The van der Waals surface area contributed by atoms with Crippen LogP contribution in [0.1, 0.15) is 37.7 Å². The molecule has 0 saturated heterocycles. The van der Waals surface area contributed by atoms with Crippen molar-refractivity contribution in [1.82, 2.24) is 0 Å². The number of likely N-dealkylation sites (N-methyl/N-ethyl adjacent to an activating group) is 1. The topological polar surface area (TPSA) is 80.8 Å². The number of fused-ring (bicyclic) bond motifs is 1. The van der Waals surface area contributed by atoms with Crippen molar-refractivity contribution < 1.29 is 23.9 Å². The lowest BCUT2D eigenvalue weighted by molar-refractivity contribution is -0.142. The number of amides is 1. The van der Waals surface area contributed by atoms with Crippen LogP contribution in [0.15, 0.2) is 18.2 Å². The minimum atomic E-state index is -1.09. The standard InChI is InChI=1S/C18H19NO5/c1-3-13(20)18-14(21)7-11(8-15(18)22)10-4-5-16-12(6-10)19(2)17(23)9-24-16/h4-6,11,18H,3,7-9H2,1-2H3. The Morgan fingerprint density at radius 1 is 1.21 bits per heavy atom. The monoisotopic (exact) mass is 329 g/mol. The van der Waals surface area contributed by atoms with Crippen molar-refractivity contribution in [2.75, 3.05) is 18.6 Å². The van der Waals surface area contributed by atoms with Gasteiger partial charge in [-0.3, -0.25) is 19.2 Å². The molecule has 0 atom stereocenters. The van der Waals surface area contributed by atoms with Crippen LogP contribution in [0.4, 0.5) is 5.69 Å². The quantitative estimate of drug-likeness (QED) is 0.788. The van der Waals surface area contributed by atoms with Crippen LogP contribution in [0.25, 0.3) is 0 Å². The van der Waals surface area contributed by atoms with Gasteiger partial charge in [-0.05, 0) is 23.6 Å². The van der Waals surface area contributed by atoms with Crippen molar-refractivity contribution >= 4 is 28.9 Å². The maximum Gasteiger partial charge on any atom is 0.264 e. The summed E-state index contributed by atoms with van der Waals surface area (Å²) >= 11 is 0. The van der Waals surface area contributed by atoms with Crippen molar-refractivity contribution in [3.05, 3.63) is 23.8 Å². The van der Waals surface area contributed by atoms with Crippen molar-refractivity contribution in [2.45, 2.75) is 32.1 Å². The summed E-state index contributed by atoms with van der Waals surface area (Å²) in [4.78, 5) is 49.6. The Labute approximate surface area is 139 Å². The van der Waals surface area contributed by atoms with E-state index in [4.69, 9.17) is 4.74 Å². The zero-order valence-corrected chi connectivity index (χ0v) is 13.7. The van der Waals surface area contributed by atoms with Crippen molar-refractivity contribution in [3.8, 4) is 5.75 Å². The highest BCUT2D eigenvalue weighted by Gasteiger charge is 2.39. The van der Waals surface area contributed by atoms with E-state index in [2.05, 4.69) is 0 Å². The third-order valence-corrected chi connectivity index (χ3v) is 4.75. The molecule has 1 aromatic rings. The molecule has 1 amide bonds. The maximum atomic E-state index is 12.3. The van der Waals surface area contributed by atoms with E-state index in [9.17, 15) is 19.2 Å². The largest absolute Gasteiger partial charge is 0.482 e. The first kappa shape index (κ1) is 16.4. The molecule has 1 aromatic carbocycles. The first-order valence-corrected chi connectivity index (χ1v) is 8.03. The van der Waals surface area contributed by atoms with Gasteiger partial charge in [0.05, 0.1) is 5.69 Å². The van der Waals surface area contributed by atoms with Gasteiger partial charge in [-0.2, -0.15) is 0 Å². The van der Waals surface area contributed by atoms with Gasteiger partial charge >= 0.3 is 0 Å². The van der Waals surface area contributed by atoms with E-state index in [0.29, 0.717) is 11.4 Å². The molecule has 2 aliphatic rings. The van der Waals surface area contributed by atoms with Crippen LogP contribution < -0.4 is 9.64 Å². The number of hydrogen-bond donors (Lipinski definition) is 0. The molecule has 1 aliphatic carbocycles. The number of ketones is 3. The smallest absolute Gasteiger partial charge is 0.264 e. The first-order chi connectivity index (χ1) is 11.4. The Hall–Kier alpha value is -2.50. The van der Waals surface area contributed by atoms with Crippen molar-refractivity contribution in [3.63, 3.8) is 0 Å². The Kier molecular flexibility index (Phi) is 4.22. The lowest BCUT2D eigenvalue weighted by Crippen LogP contribution is -2.38. The summed E-state index contributed by atoms with van der Waals surface area (Å²) < 4.78 is 5.38. The highest BCUT2D eigenvalue weighted by Crippen LogP contribution is 2.38. The number of anilines is 1. The molecule has 0 N–H and O–H groups in total. The van der Waals surface area contributed by atoms with Gasteiger partial charge in [0.25, 0.3) is 5.91 Å². The summed E-state index contributed by atoms with van der Waals surface area (Å²) in [7, 11) is 1.67. The Bertz CT molecular complexity index is 721. The summed E-state index contributed by atoms with van der Waals surface area (Å²) in [6.45, 7) is 1.66. The van der Waals surface area contributed by atoms with Crippen LogP contribution in [-0.2, 0) is 19.2 Å². The van der Waals surface area contributed by atoms with Gasteiger partial charge in [-0.15, -0.1) is 0 Å². The molecule has 0 radical (unpaired) electrons. The van der Waals surface area contributed by atoms with Gasteiger partial charge in [0.1, 0.15) is 11.7 Å². The SMILES string of the molecule is CCC(=O)C1C(=O)CC(c2ccc3c(c2)N(C)C(=O)CO3)CC1=O. The maximum absolute atomic E-state index is 12.3. The van der Waals surface area contributed by atoms with Crippen LogP contribution >= 0.6 is 0 Å². The molecule has 126 valence electrons. The number of Topliss-reactive ketones (excluding diaryl/α,β-unsaturated/α-hetero) is 3. The van der Waals surface area contributed by atoms with Gasteiger partial charge in [-0.25, -0.2) is 0 Å². The van der Waals surface area contributed by atoms with Crippen LogP contribution in [0.3, 0.4) is 0 Å². The van der Waals surface area contributed by atoms with E-state index in [1.165, 1.54) is 4.90 Å². The third-order valence-electron chi connectivity index (χ3n) is 4.75. The van der Waals surface area contributed by atoms with Gasteiger partial charge in [0.15, 0.2) is 24.0 Å². The molecule has 3 rings (SSSR count). The average Bonchev–Trinajstić information content (AvgIpc) is 2.57. The predicted molar refractivity (Wildman–Crippen MR) is 86.1 cm³/mol. The van der Waals surface area contributed by atoms with Crippen LogP contribution in [-0.4, -0.2) is 36.9 Å². The van der Waals surface area contributed by atoms with Gasteiger partial charge in [-0.1, -0.05) is 13.0 Å². The Morgan fingerprint density at radius 2 is 1.88 bits per heavy atom. The number of rotatable bonds is 3. The fourth-order valence-electron chi connectivity index (χ4n) is 3.32.